The summed E-state index contributed by atoms with van der Waals surface area (Å²) in [4.78, 5) is 16.6. The first kappa shape index (κ1) is 13.5. The maximum atomic E-state index is 12.5. The van der Waals surface area contributed by atoms with Crippen LogP contribution in [0.4, 0.5) is 5.82 Å². The van der Waals surface area contributed by atoms with E-state index in [2.05, 4.69) is 45.4 Å². The van der Waals surface area contributed by atoms with Crippen molar-refractivity contribution in [3.8, 4) is 0 Å². The maximum Gasteiger partial charge on any atom is 0.233 e. The van der Waals surface area contributed by atoms with E-state index in [1.807, 2.05) is 6.07 Å². The van der Waals surface area contributed by atoms with Gasteiger partial charge in [0.2, 0.25) is 5.91 Å². The van der Waals surface area contributed by atoms with Crippen LogP contribution in [0.3, 0.4) is 0 Å². The Bertz CT molecular complexity index is 424. The summed E-state index contributed by atoms with van der Waals surface area (Å²) in [5, 5.41) is 6.20. The number of nitrogens with zero attached hydrogens (tertiary/aromatic N) is 1. The third-order valence-corrected chi connectivity index (χ3v) is 4.18. The third-order valence-electron chi connectivity index (χ3n) is 3.71. The lowest BCUT2D eigenvalue weighted by molar-refractivity contribution is -0.126. The zero-order valence-electron chi connectivity index (χ0n) is 10.7. The predicted octanol–water partition coefficient (Wildman–Crippen LogP) is 2.42. The van der Waals surface area contributed by atoms with Gasteiger partial charge in [0.1, 0.15) is 5.82 Å². The quantitative estimate of drug-likeness (QED) is 0.901. The van der Waals surface area contributed by atoms with Crippen LogP contribution in [0.25, 0.3) is 0 Å². The molecular weight excluding hydrogens is 294 g/mol. The highest BCUT2D eigenvalue weighted by atomic mass is 79.9. The van der Waals surface area contributed by atoms with E-state index in [-0.39, 0.29) is 11.3 Å². The Balaban J connectivity index is 2.13. The molecule has 1 amide bonds. The first-order chi connectivity index (χ1) is 8.54. The summed E-state index contributed by atoms with van der Waals surface area (Å²) >= 11 is 3.33. The van der Waals surface area contributed by atoms with Crippen LogP contribution in [-0.2, 0) is 4.79 Å². The molecule has 1 saturated heterocycles. The second-order valence-electron chi connectivity index (χ2n) is 5.05. The standard InChI is InChI=1S/C13H18BrN3O/c1-9(2)13(5-6-15-8-13)12(18)17-11-4-3-10(14)7-16-11/h3-4,7,9,15H,5-6,8H2,1-2H3,(H,16,17,18). The van der Waals surface area contributed by atoms with Gasteiger partial charge in [-0.25, -0.2) is 4.98 Å². The molecule has 0 radical (unpaired) electrons. The molecular formula is C13H18BrN3O. The van der Waals surface area contributed by atoms with Gasteiger partial charge in [-0.3, -0.25) is 4.79 Å². The van der Waals surface area contributed by atoms with Crippen LogP contribution < -0.4 is 10.6 Å². The smallest absolute Gasteiger partial charge is 0.233 e. The van der Waals surface area contributed by atoms with Gasteiger partial charge in [-0.2, -0.15) is 0 Å². The number of rotatable bonds is 3. The van der Waals surface area contributed by atoms with Crippen molar-refractivity contribution in [2.24, 2.45) is 11.3 Å². The van der Waals surface area contributed by atoms with Gasteiger partial charge in [0.25, 0.3) is 0 Å². The highest BCUT2D eigenvalue weighted by Crippen LogP contribution is 2.35. The van der Waals surface area contributed by atoms with Gasteiger partial charge in [0, 0.05) is 17.2 Å². The van der Waals surface area contributed by atoms with Gasteiger partial charge >= 0.3 is 0 Å². The van der Waals surface area contributed by atoms with Gasteiger partial charge in [-0.1, -0.05) is 13.8 Å². The average Bonchev–Trinajstić information content (AvgIpc) is 2.82. The first-order valence-electron chi connectivity index (χ1n) is 6.18. The third kappa shape index (κ3) is 2.57. The summed E-state index contributed by atoms with van der Waals surface area (Å²) in [5.41, 5.74) is -0.311. The van der Waals surface area contributed by atoms with Crippen LogP contribution in [0.5, 0.6) is 0 Å². The number of anilines is 1. The Morgan fingerprint density at radius 3 is 2.83 bits per heavy atom. The number of amides is 1. The van der Waals surface area contributed by atoms with Crippen molar-refractivity contribution in [2.45, 2.75) is 20.3 Å². The molecule has 5 heteroatoms. The molecule has 1 aromatic heterocycles. The molecule has 0 bridgehead atoms. The summed E-state index contributed by atoms with van der Waals surface area (Å²) in [6.07, 6.45) is 2.57. The van der Waals surface area contributed by atoms with Gasteiger partial charge in [-0.05, 0) is 46.9 Å². The lowest BCUT2D eigenvalue weighted by Gasteiger charge is -2.30. The van der Waals surface area contributed by atoms with Crippen molar-refractivity contribution in [1.82, 2.24) is 10.3 Å². The monoisotopic (exact) mass is 311 g/mol. The molecule has 1 atom stereocenters. The number of halogens is 1. The minimum absolute atomic E-state index is 0.0670. The Hall–Kier alpha value is -0.940. The summed E-state index contributed by atoms with van der Waals surface area (Å²) in [7, 11) is 0. The topological polar surface area (TPSA) is 54.0 Å². The summed E-state index contributed by atoms with van der Waals surface area (Å²) < 4.78 is 0.904. The molecule has 0 aliphatic carbocycles. The van der Waals surface area contributed by atoms with Crippen LogP contribution in [-0.4, -0.2) is 24.0 Å². The maximum absolute atomic E-state index is 12.5. The van der Waals surface area contributed by atoms with E-state index in [1.54, 1.807) is 12.3 Å². The summed E-state index contributed by atoms with van der Waals surface area (Å²) in [5.74, 6) is 0.982. The molecule has 1 aliphatic heterocycles. The first-order valence-corrected chi connectivity index (χ1v) is 6.97. The minimum atomic E-state index is -0.311. The van der Waals surface area contributed by atoms with Crippen molar-refractivity contribution in [2.75, 3.05) is 18.4 Å². The van der Waals surface area contributed by atoms with E-state index >= 15 is 0 Å². The van der Waals surface area contributed by atoms with E-state index in [1.165, 1.54) is 0 Å². The summed E-state index contributed by atoms with van der Waals surface area (Å²) in [6, 6.07) is 3.68. The predicted molar refractivity (Wildman–Crippen MR) is 75.3 cm³/mol. The number of pyridine rings is 1. The van der Waals surface area contributed by atoms with Gasteiger partial charge in [-0.15, -0.1) is 0 Å². The van der Waals surface area contributed by atoms with Crippen molar-refractivity contribution in [3.05, 3.63) is 22.8 Å². The second-order valence-corrected chi connectivity index (χ2v) is 5.97. The molecule has 2 heterocycles. The van der Waals surface area contributed by atoms with E-state index in [4.69, 9.17) is 0 Å². The SMILES string of the molecule is CC(C)C1(C(=O)Nc2ccc(Br)cn2)CCNC1. The molecule has 1 aromatic rings. The van der Waals surface area contributed by atoms with Crippen LogP contribution in [0.15, 0.2) is 22.8 Å². The normalized spacial score (nSPS) is 23.3. The zero-order chi connectivity index (χ0) is 13.2. The number of carbonyl (C=O) groups is 1. The fraction of sp³-hybridized carbons (Fsp3) is 0.538. The van der Waals surface area contributed by atoms with Crippen molar-refractivity contribution < 1.29 is 4.79 Å². The van der Waals surface area contributed by atoms with E-state index in [9.17, 15) is 4.79 Å². The fourth-order valence-electron chi connectivity index (χ4n) is 2.35. The molecule has 4 nitrogen and oxygen atoms in total. The van der Waals surface area contributed by atoms with Gasteiger partial charge in [0.15, 0.2) is 0 Å². The number of hydrogen-bond acceptors (Lipinski definition) is 3. The Kier molecular flexibility index (Phi) is 4.02. The Morgan fingerprint density at radius 1 is 1.56 bits per heavy atom. The van der Waals surface area contributed by atoms with E-state index in [0.717, 1.165) is 24.0 Å². The Morgan fingerprint density at radius 2 is 2.33 bits per heavy atom. The molecule has 1 fully saturated rings. The molecule has 2 rings (SSSR count). The molecule has 0 spiro atoms. The average molecular weight is 312 g/mol. The van der Waals surface area contributed by atoms with Crippen molar-refractivity contribution >= 4 is 27.7 Å². The molecule has 1 unspecified atom stereocenters. The Labute approximate surface area is 116 Å². The van der Waals surface area contributed by atoms with Crippen LogP contribution in [0.1, 0.15) is 20.3 Å². The largest absolute Gasteiger partial charge is 0.316 e. The van der Waals surface area contributed by atoms with Crippen molar-refractivity contribution in [1.29, 1.82) is 0 Å². The van der Waals surface area contributed by atoms with E-state index in [0.29, 0.717) is 11.7 Å². The summed E-state index contributed by atoms with van der Waals surface area (Å²) in [6.45, 7) is 5.84. The highest BCUT2D eigenvalue weighted by molar-refractivity contribution is 9.10. The van der Waals surface area contributed by atoms with Crippen LogP contribution in [0.2, 0.25) is 0 Å². The van der Waals surface area contributed by atoms with Crippen LogP contribution in [0, 0.1) is 11.3 Å². The number of carbonyl (C=O) groups excluding carboxylic acids is 1. The minimum Gasteiger partial charge on any atom is -0.316 e. The lowest BCUT2D eigenvalue weighted by Crippen LogP contribution is -2.42. The fourth-order valence-corrected chi connectivity index (χ4v) is 2.59. The molecule has 2 N–H and O–H groups in total. The molecule has 1 aliphatic rings. The molecule has 0 aromatic carbocycles. The molecule has 98 valence electrons. The van der Waals surface area contributed by atoms with E-state index < -0.39 is 0 Å². The number of aromatic nitrogens is 1. The van der Waals surface area contributed by atoms with Gasteiger partial charge < -0.3 is 10.6 Å². The molecule has 0 saturated carbocycles. The molecule has 18 heavy (non-hydrogen) atoms. The van der Waals surface area contributed by atoms with Crippen LogP contribution >= 0.6 is 15.9 Å². The number of nitrogens with one attached hydrogen (secondary N) is 2. The zero-order valence-corrected chi connectivity index (χ0v) is 12.3. The van der Waals surface area contributed by atoms with Crippen molar-refractivity contribution in [3.63, 3.8) is 0 Å². The highest BCUT2D eigenvalue weighted by Gasteiger charge is 2.43. The number of hydrogen-bond donors (Lipinski definition) is 2. The second kappa shape index (κ2) is 5.36. The van der Waals surface area contributed by atoms with Gasteiger partial charge in [0.05, 0.1) is 5.41 Å². The lowest BCUT2D eigenvalue weighted by atomic mass is 9.75.